The Morgan fingerprint density at radius 3 is 2.21 bits per heavy atom. The molecule has 7 nitrogen and oxygen atoms in total. The highest BCUT2D eigenvalue weighted by atomic mass is 32.2. The quantitative estimate of drug-likeness (QED) is 0.522. The maximum absolute atomic E-state index is 12.5. The molecular formula is C20H39N5O2S. The molecule has 1 atom stereocenters. The molecule has 1 N–H and O–H groups in total. The second-order valence-corrected chi connectivity index (χ2v) is 10.9. The normalized spacial score (nSPS) is 20.9. The van der Waals surface area contributed by atoms with Crippen molar-refractivity contribution in [2.45, 2.75) is 51.7 Å². The van der Waals surface area contributed by atoms with E-state index in [1.165, 1.54) is 6.42 Å². The van der Waals surface area contributed by atoms with Crippen LogP contribution >= 0.6 is 0 Å². The summed E-state index contributed by atoms with van der Waals surface area (Å²) in [5, 5.41) is 3.36. The van der Waals surface area contributed by atoms with Crippen molar-refractivity contribution in [2.75, 3.05) is 64.7 Å². The standard InChI is InChI=1S/C20H39N5O2S/c1-5-21-19(22-9-16-28(27)20(2,3)4)25-14-12-23(13-15-25)17-18(26)24-10-7-6-8-11-24/h5-17H2,1-4H3,(H,21,22). The van der Waals surface area contributed by atoms with Gasteiger partial charge in [0.1, 0.15) is 0 Å². The summed E-state index contributed by atoms with van der Waals surface area (Å²) in [5.74, 6) is 1.76. The molecule has 2 aliphatic heterocycles. The number of rotatable bonds is 6. The summed E-state index contributed by atoms with van der Waals surface area (Å²) in [6.45, 7) is 15.3. The maximum atomic E-state index is 12.5. The third-order valence-corrected chi connectivity index (χ3v) is 7.22. The Morgan fingerprint density at radius 1 is 1.00 bits per heavy atom. The number of hydrogen-bond donors (Lipinski definition) is 1. The van der Waals surface area contributed by atoms with Crippen LogP contribution in [0.3, 0.4) is 0 Å². The predicted octanol–water partition coefficient (Wildman–Crippen LogP) is 1.13. The molecule has 0 saturated carbocycles. The van der Waals surface area contributed by atoms with Gasteiger partial charge in [-0.15, -0.1) is 0 Å². The van der Waals surface area contributed by atoms with E-state index in [2.05, 4.69) is 22.0 Å². The van der Waals surface area contributed by atoms with Gasteiger partial charge in [0.15, 0.2) is 5.96 Å². The van der Waals surface area contributed by atoms with Gasteiger partial charge in [0.25, 0.3) is 0 Å². The molecule has 28 heavy (non-hydrogen) atoms. The minimum Gasteiger partial charge on any atom is -0.357 e. The van der Waals surface area contributed by atoms with E-state index in [4.69, 9.17) is 4.99 Å². The Bertz CT molecular complexity index is 547. The van der Waals surface area contributed by atoms with Gasteiger partial charge in [-0.25, -0.2) is 0 Å². The topological polar surface area (TPSA) is 68.2 Å². The van der Waals surface area contributed by atoms with Crippen molar-refractivity contribution in [3.8, 4) is 0 Å². The van der Waals surface area contributed by atoms with Gasteiger partial charge in [0.2, 0.25) is 5.91 Å². The highest BCUT2D eigenvalue weighted by molar-refractivity contribution is 7.86. The van der Waals surface area contributed by atoms with Crippen LogP contribution in [0.2, 0.25) is 0 Å². The number of piperazine rings is 1. The number of guanidine groups is 1. The molecule has 8 heteroatoms. The fraction of sp³-hybridized carbons (Fsp3) is 0.900. The molecule has 1 unspecified atom stereocenters. The zero-order valence-electron chi connectivity index (χ0n) is 18.2. The lowest BCUT2D eigenvalue weighted by Crippen LogP contribution is -2.54. The van der Waals surface area contributed by atoms with E-state index in [-0.39, 0.29) is 10.7 Å². The molecule has 2 heterocycles. The molecular weight excluding hydrogens is 374 g/mol. The van der Waals surface area contributed by atoms with Gasteiger partial charge in [-0.3, -0.25) is 18.9 Å². The summed E-state index contributed by atoms with van der Waals surface area (Å²) in [6.07, 6.45) is 3.53. The lowest BCUT2D eigenvalue weighted by molar-refractivity contribution is -0.133. The monoisotopic (exact) mass is 413 g/mol. The molecule has 2 fully saturated rings. The summed E-state index contributed by atoms with van der Waals surface area (Å²) < 4.78 is 12.0. The van der Waals surface area contributed by atoms with Crippen molar-refractivity contribution in [3.63, 3.8) is 0 Å². The van der Waals surface area contributed by atoms with E-state index in [1.807, 2.05) is 25.7 Å². The van der Waals surface area contributed by atoms with Crippen molar-refractivity contribution in [1.82, 2.24) is 20.0 Å². The van der Waals surface area contributed by atoms with Crippen LogP contribution in [0.5, 0.6) is 0 Å². The van der Waals surface area contributed by atoms with Crippen LogP contribution in [0, 0.1) is 0 Å². The summed E-state index contributed by atoms with van der Waals surface area (Å²) in [4.78, 5) is 23.7. The summed E-state index contributed by atoms with van der Waals surface area (Å²) in [6, 6.07) is 0. The van der Waals surface area contributed by atoms with E-state index >= 15 is 0 Å². The predicted molar refractivity (Wildman–Crippen MR) is 117 cm³/mol. The number of amides is 1. The summed E-state index contributed by atoms with van der Waals surface area (Å²) in [7, 11) is -0.881. The Hall–Kier alpha value is -1.15. The number of nitrogens with one attached hydrogen (secondary N) is 1. The molecule has 0 aliphatic carbocycles. The van der Waals surface area contributed by atoms with Crippen molar-refractivity contribution in [2.24, 2.45) is 4.99 Å². The van der Waals surface area contributed by atoms with Crippen LogP contribution in [0.4, 0.5) is 0 Å². The number of hydrogen-bond acceptors (Lipinski definition) is 4. The van der Waals surface area contributed by atoms with E-state index in [0.717, 1.165) is 64.6 Å². The number of nitrogens with zero attached hydrogens (tertiary/aromatic N) is 4. The Kier molecular flexibility index (Phi) is 9.21. The molecule has 2 rings (SSSR count). The molecule has 162 valence electrons. The minimum atomic E-state index is -0.881. The van der Waals surface area contributed by atoms with E-state index in [1.54, 1.807) is 0 Å². The van der Waals surface area contributed by atoms with Crippen molar-refractivity contribution < 1.29 is 9.00 Å². The molecule has 0 radical (unpaired) electrons. The summed E-state index contributed by atoms with van der Waals surface area (Å²) in [5.41, 5.74) is 0. The van der Waals surface area contributed by atoms with Gasteiger partial charge in [0.05, 0.1) is 13.1 Å². The van der Waals surface area contributed by atoms with Crippen LogP contribution in [0.1, 0.15) is 47.0 Å². The average molecular weight is 414 g/mol. The van der Waals surface area contributed by atoms with Crippen LogP contribution < -0.4 is 5.32 Å². The average Bonchev–Trinajstić information content (AvgIpc) is 2.68. The first kappa shape index (κ1) is 23.1. The molecule has 0 aromatic carbocycles. The molecule has 0 bridgehead atoms. The number of likely N-dealkylation sites (tertiary alicyclic amines) is 1. The van der Waals surface area contributed by atoms with Gasteiger partial charge in [-0.05, 0) is 47.0 Å². The van der Waals surface area contributed by atoms with Crippen LogP contribution in [-0.2, 0) is 15.6 Å². The van der Waals surface area contributed by atoms with Gasteiger partial charge in [-0.1, -0.05) is 0 Å². The van der Waals surface area contributed by atoms with Gasteiger partial charge in [0, 0.05) is 67.1 Å². The van der Waals surface area contributed by atoms with Crippen molar-refractivity contribution in [3.05, 3.63) is 0 Å². The molecule has 1 amide bonds. The van der Waals surface area contributed by atoms with Gasteiger partial charge < -0.3 is 15.1 Å². The minimum absolute atomic E-state index is 0.194. The first-order valence-electron chi connectivity index (χ1n) is 10.7. The lowest BCUT2D eigenvalue weighted by Gasteiger charge is -2.37. The molecule has 2 saturated heterocycles. The number of carbonyl (C=O) groups is 1. The van der Waals surface area contributed by atoms with Gasteiger partial charge in [-0.2, -0.15) is 0 Å². The molecule has 0 aromatic heterocycles. The van der Waals surface area contributed by atoms with Gasteiger partial charge >= 0.3 is 0 Å². The van der Waals surface area contributed by atoms with E-state index in [0.29, 0.717) is 18.8 Å². The maximum Gasteiger partial charge on any atom is 0.236 e. The largest absolute Gasteiger partial charge is 0.357 e. The second-order valence-electron chi connectivity index (χ2n) is 8.60. The lowest BCUT2D eigenvalue weighted by atomic mass is 10.1. The van der Waals surface area contributed by atoms with Crippen LogP contribution in [0.25, 0.3) is 0 Å². The van der Waals surface area contributed by atoms with E-state index < -0.39 is 10.8 Å². The first-order chi connectivity index (χ1) is 13.3. The third kappa shape index (κ3) is 7.35. The summed E-state index contributed by atoms with van der Waals surface area (Å²) >= 11 is 0. The Balaban J connectivity index is 1.80. The zero-order valence-corrected chi connectivity index (χ0v) is 19.0. The fourth-order valence-corrected chi connectivity index (χ4v) is 4.39. The molecule has 0 spiro atoms. The molecule has 0 aromatic rings. The number of piperidine rings is 1. The zero-order chi connectivity index (χ0) is 20.6. The first-order valence-corrected chi connectivity index (χ1v) is 12.0. The number of carbonyl (C=O) groups excluding carboxylic acids is 1. The number of aliphatic imine (C=N–C) groups is 1. The van der Waals surface area contributed by atoms with Crippen molar-refractivity contribution in [1.29, 1.82) is 0 Å². The van der Waals surface area contributed by atoms with E-state index in [9.17, 15) is 9.00 Å². The van der Waals surface area contributed by atoms with Crippen molar-refractivity contribution >= 4 is 22.7 Å². The SMILES string of the molecule is CCNC(=NCCS(=O)C(C)(C)C)N1CCN(CC(=O)N2CCCCC2)CC1. The van der Waals surface area contributed by atoms with Crippen LogP contribution in [0.15, 0.2) is 4.99 Å². The Morgan fingerprint density at radius 2 is 1.64 bits per heavy atom. The fourth-order valence-electron chi connectivity index (χ4n) is 3.52. The highest BCUT2D eigenvalue weighted by Gasteiger charge is 2.24. The third-order valence-electron chi connectivity index (χ3n) is 5.30. The Labute approximate surface area is 173 Å². The second kappa shape index (κ2) is 11.1. The smallest absolute Gasteiger partial charge is 0.236 e. The van der Waals surface area contributed by atoms with Crippen LogP contribution in [-0.4, -0.2) is 100 Å². The highest BCUT2D eigenvalue weighted by Crippen LogP contribution is 2.12. The molecule has 2 aliphatic rings.